The minimum absolute atomic E-state index is 0.0826. The number of allylic oxidation sites excluding steroid dienone is 1. The van der Waals surface area contributed by atoms with E-state index in [1.165, 1.54) is 0 Å². The highest BCUT2D eigenvalue weighted by molar-refractivity contribution is 5.95. The van der Waals surface area contributed by atoms with Gasteiger partial charge in [-0.3, -0.25) is 4.79 Å². The first-order chi connectivity index (χ1) is 18.8. The molecule has 0 spiro atoms. The van der Waals surface area contributed by atoms with Crippen LogP contribution >= 0.6 is 0 Å². The molecule has 1 N–H and O–H groups in total. The number of furan rings is 2. The summed E-state index contributed by atoms with van der Waals surface area (Å²) in [5.74, 6) is 0.636. The maximum absolute atomic E-state index is 13.1. The number of hydrogen-bond acceptors (Lipinski definition) is 7. The Hall–Kier alpha value is -4.78. The van der Waals surface area contributed by atoms with Gasteiger partial charge < -0.3 is 23.4 Å². The topological polar surface area (TPSA) is 99.1 Å². The fraction of sp³-hybridized carbons (Fsp3) is 0.188. The predicted octanol–water partition coefficient (Wildman–Crippen LogP) is 5.01. The number of fused-ring (bicyclic) bond motifs is 1. The average Bonchev–Trinajstić information content (AvgIpc) is 3.52. The van der Waals surface area contributed by atoms with Gasteiger partial charge in [0.15, 0.2) is 11.2 Å². The van der Waals surface area contributed by atoms with Crippen LogP contribution in [-0.4, -0.2) is 31.1 Å². The van der Waals surface area contributed by atoms with Crippen molar-refractivity contribution in [1.29, 1.82) is 0 Å². The second kappa shape index (κ2) is 10.5. The highest BCUT2D eigenvalue weighted by atomic mass is 16.5. The van der Waals surface area contributed by atoms with Gasteiger partial charge in [0.05, 0.1) is 24.9 Å². The van der Waals surface area contributed by atoms with E-state index in [0.717, 1.165) is 23.0 Å². The van der Waals surface area contributed by atoms with E-state index in [1.807, 2.05) is 50.2 Å². The summed E-state index contributed by atoms with van der Waals surface area (Å²) in [5, 5.41) is 11.4. The lowest BCUT2D eigenvalue weighted by Gasteiger charge is -2.23. The third-order valence-corrected chi connectivity index (χ3v) is 6.82. The SMILES string of the molecule is CCOC(=O)C1=C(C)C=c2oc(=Cc3ccc(-c4ccc(C=O)cc4C)o3)c(O)c2C1c1ccc(OC)cc1. The van der Waals surface area contributed by atoms with Crippen molar-refractivity contribution in [3.05, 3.63) is 105 Å². The molecule has 0 saturated heterocycles. The minimum atomic E-state index is -0.605. The van der Waals surface area contributed by atoms with E-state index in [9.17, 15) is 14.7 Å². The number of ether oxygens (including phenoxy) is 2. The number of aryl methyl sites for hydroxylation is 1. The van der Waals surface area contributed by atoms with Gasteiger partial charge in [0, 0.05) is 23.1 Å². The summed E-state index contributed by atoms with van der Waals surface area (Å²) < 4.78 is 22.8. The molecule has 1 unspecified atom stereocenters. The molecule has 0 saturated carbocycles. The lowest BCUT2D eigenvalue weighted by atomic mass is 9.80. The maximum atomic E-state index is 13.1. The molecule has 39 heavy (non-hydrogen) atoms. The van der Waals surface area contributed by atoms with Gasteiger partial charge in [-0.05, 0) is 73.9 Å². The van der Waals surface area contributed by atoms with Gasteiger partial charge in [0.25, 0.3) is 0 Å². The third kappa shape index (κ3) is 4.79. The normalized spacial score (nSPS) is 15.1. The quantitative estimate of drug-likeness (QED) is 0.268. The van der Waals surface area contributed by atoms with E-state index in [2.05, 4.69) is 0 Å². The lowest BCUT2D eigenvalue weighted by molar-refractivity contribution is -0.138. The average molecular weight is 525 g/mol. The zero-order chi connectivity index (χ0) is 27.7. The number of hydrogen-bond donors (Lipinski definition) is 1. The van der Waals surface area contributed by atoms with Gasteiger partial charge in [-0.1, -0.05) is 24.3 Å². The van der Waals surface area contributed by atoms with E-state index in [1.54, 1.807) is 44.4 Å². The van der Waals surface area contributed by atoms with Crippen molar-refractivity contribution in [2.45, 2.75) is 26.7 Å². The first-order valence-electron chi connectivity index (χ1n) is 12.6. The molecule has 1 aliphatic rings. The Bertz CT molecular complexity index is 1710. The van der Waals surface area contributed by atoms with Crippen LogP contribution in [0.3, 0.4) is 0 Å². The van der Waals surface area contributed by atoms with Crippen molar-refractivity contribution in [3.63, 3.8) is 0 Å². The first-order valence-corrected chi connectivity index (χ1v) is 12.6. The fourth-order valence-electron chi connectivity index (χ4n) is 4.96. The smallest absolute Gasteiger partial charge is 0.335 e. The molecule has 0 fully saturated rings. The Morgan fingerprint density at radius 3 is 2.49 bits per heavy atom. The minimum Gasteiger partial charge on any atom is -0.504 e. The lowest BCUT2D eigenvalue weighted by Crippen LogP contribution is -2.24. The van der Waals surface area contributed by atoms with E-state index in [0.29, 0.717) is 45.0 Å². The summed E-state index contributed by atoms with van der Waals surface area (Å²) >= 11 is 0. The number of carbonyl (C=O) groups excluding carboxylic acids is 2. The summed E-state index contributed by atoms with van der Waals surface area (Å²) in [6.45, 7) is 5.72. The van der Waals surface area contributed by atoms with Crippen LogP contribution in [0.5, 0.6) is 11.5 Å². The molecule has 1 atom stereocenters. The summed E-state index contributed by atoms with van der Waals surface area (Å²) in [6.07, 6.45) is 4.16. The summed E-state index contributed by atoms with van der Waals surface area (Å²) in [4.78, 5) is 24.1. The van der Waals surface area contributed by atoms with Crippen LogP contribution in [0.25, 0.3) is 23.5 Å². The van der Waals surface area contributed by atoms with Crippen LogP contribution in [0.2, 0.25) is 0 Å². The molecule has 4 aromatic rings. The number of carbonyl (C=O) groups is 2. The predicted molar refractivity (Wildman–Crippen MR) is 146 cm³/mol. The van der Waals surface area contributed by atoms with Gasteiger partial charge in [-0.15, -0.1) is 0 Å². The number of benzene rings is 2. The number of rotatable bonds is 7. The third-order valence-electron chi connectivity index (χ3n) is 6.82. The zero-order valence-electron chi connectivity index (χ0n) is 22.1. The van der Waals surface area contributed by atoms with Crippen LogP contribution in [0.15, 0.2) is 74.6 Å². The second-order valence-electron chi connectivity index (χ2n) is 9.30. The molecule has 2 aromatic heterocycles. The molecule has 0 bridgehead atoms. The van der Waals surface area contributed by atoms with Gasteiger partial charge in [-0.2, -0.15) is 0 Å². The fourth-order valence-corrected chi connectivity index (χ4v) is 4.96. The van der Waals surface area contributed by atoms with Crippen LogP contribution in [0, 0.1) is 6.92 Å². The number of methoxy groups -OCH3 is 1. The Morgan fingerprint density at radius 2 is 1.82 bits per heavy atom. The molecular formula is C32H28O7. The highest BCUT2D eigenvalue weighted by Gasteiger charge is 2.35. The van der Waals surface area contributed by atoms with Crippen molar-refractivity contribution in [3.8, 4) is 22.8 Å². The summed E-state index contributed by atoms with van der Waals surface area (Å²) in [6, 6.07) is 16.3. The van der Waals surface area contributed by atoms with Crippen LogP contribution in [0.1, 0.15) is 52.6 Å². The number of aldehydes is 1. The molecule has 2 aromatic carbocycles. The van der Waals surface area contributed by atoms with Crippen LogP contribution in [0.4, 0.5) is 0 Å². The number of esters is 1. The van der Waals surface area contributed by atoms with Crippen molar-refractivity contribution < 1.29 is 33.0 Å². The Labute approximate surface area is 225 Å². The Kier molecular flexibility index (Phi) is 6.98. The molecule has 2 heterocycles. The van der Waals surface area contributed by atoms with Gasteiger partial charge in [0.1, 0.15) is 29.0 Å². The van der Waals surface area contributed by atoms with E-state index in [-0.39, 0.29) is 17.8 Å². The molecular weight excluding hydrogens is 496 g/mol. The molecule has 5 rings (SSSR count). The molecule has 198 valence electrons. The summed E-state index contributed by atoms with van der Waals surface area (Å²) in [5.41, 5.74) is 5.41. The molecule has 0 amide bonds. The maximum Gasteiger partial charge on any atom is 0.335 e. The molecule has 0 radical (unpaired) electrons. The summed E-state index contributed by atoms with van der Waals surface area (Å²) in [7, 11) is 1.59. The first kappa shape index (κ1) is 25.9. The standard InChI is InChI=1S/C32H28O7/c1-5-37-32(35)28-19(3)15-26-30(29(28)21-7-9-22(36-4)10-8-21)31(34)27(39-26)16-23-11-13-25(38-23)24-12-6-20(17-33)14-18(24)2/h6-17,29,34H,5H2,1-4H3. The molecule has 0 aliphatic heterocycles. The van der Waals surface area contributed by atoms with Gasteiger partial charge in [0.2, 0.25) is 0 Å². The zero-order valence-corrected chi connectivity index (χ0v) is 22.1. The Morgan fingerprint density at radius 1 is 1.05 bits per heavy atom. The molecule has 7 heteroatoms. The largest absolute Gasteiger partial charge is 0.504 e. The highest BCUT2D eigenvalue weighted by Crippen LogP contribution is 2.39. The van der Waals surface area contributed by atoms with Gasteiger partial charge in [-0.25, -0.2) is 4.79 Å². The van der Waals surface area contributed by atoms with Crippen molar-refractivity contribution in [2.75, 3.05) is 13.7 Å². The van der Waals surface area contributed by atoms with Gasteiger partial charge >= 0.3 is 5.97 Å². The monoisotopic (exact) mass is 524 g/mol. The van der Waals surface area contributed by atoms with Crippen molar-refractivity contribution in [2.24, 2.45) is 0 Å². The van der Waals surface area contributed by atoms with E-state index in [4.69, 9.17) is 18.3 Å². The van der Waals surface area contributed by atoms with Crippen LogP contribution in [-0.2, 0) is 9.53 Å². The molecule has 1 aliphatic carbocycles. The Balaban J connectivity index is 1.61. The van der Waals surface area contributed by atoms with Crippen molar-refractivity contribution in [1.82, 2.24) is 0 Å². The van der Waals surface area contributed by atoms with E-state index < -0.39 is 11.9 Å². The van der Waals surface area contributed by atoms with Crippen LogP contribution < -0.4 is 15.6 Å². The second-order valence-corrected chi connectivity index (χ2v) is 9.30. The molecule has 7 nitrogen and oxygen atoms in total. The van der Waals surface area contributed by atoms with E-state index >= 15 is 0 Å². The number of aromatic hydroxyl groups is 1. The van der Waals surface area contributed by atoms with Crippen molar-refractivity contribution >= 4 is 24.4 Å².